The number of halogens is 1. The number of aliphatic hydroxyl groups excluding tert-OH is 4. The molecule has 1 rings (SSSR count). The van der Waals surface area contributed by atoms with E-state index in [0.29, 0.717) is 0 Å². The first-order valence-corrected chi connectivity index (χ1v) is 6.43. The first-order valence-electron chi connectivity index (χ1n) is 4.19. The van der Waals surface area contributed by atoms with Gasteiger partial charge in [-0.2, -0.15) is 8.42 Å². The summed E-state index contributed by atoms with van der Waals surface area (Å²) in [4.78, 5) is 0. The standard InChI is InChI=1S/C6H11ClO8S/c7-16(12,13)15-6-5(11)4(10)3(9)2(1-8)14-6/h2-6,8-11H,1H2/t2-,3+,4+,5-,6?/m1/s1. The van der Waals surface area contributed by atoms with Crippen LogP contribution in [-0.2, 0) is 18.3 Å². The molecule has 0 spiro atoms. The summed E-state index contributed by atoms with van der Waals surface area (Å²) < 4.78 is 30.0. The van der Waals surface area contributed by atoms with Crippen LogP contribution < -0.4 is 0 Å². The average molecular weight is 279 g/mol. The van der Waals surface area contributed by atoms with E-state index in [1.807, 2.05) is 0 Å². The Kier molecular flexibility index (Phi) is 4.49. The molecule has 0 aromatic heterocycles. The van der Waals surface area contributed by atoms with E-state index in [9.17, 15) is 23.7 Å². The second-order valence-corrected chi connectivity index (χ2v) is 5.30. The predicted molar refractivity (Wildman–Crippen MR) is 49.6 cm³/mol. The van der Waals surface area contributed by atoms with Gasteiger partial charge in [-0.05, 0) is 0 Å². The Morgan fingerprint density at radius 1 is 1.19 bits per heavy atom. The molecule has 0 aromatic carbocycles. The monoisotopic (exact) mass is 278 g/mol. The van der Waals surface area contributed by atoms with E-state index >= 15 is 0 Å². The molecule has 1 unspecified atom stereocenters. The normalized spacial score (nSPS) is 40.9. The van der Waals surface area contributed by atoms with E-state index in [0.717, 1.165) is 0 Å². The van der Waals surface area contributed by atoms with Crippen LogP contribution in [0, 0.1) is 0 Å². The van der Waals surface area contributed by atoms with E-state index in [2.05, 4.69) is 4.18 Å². The van der Waals surface area contributed by atoms with Crippen molar-refractivity contribution in [1.82, 2.24) is 0 Å². The SMILES string of the molecule is O=S(=O)(Cl)OC1O[C@H](CO)[C@H](O)[C@H](O)[C@H]1O. The van der Waals surface area contributed by atoms with Gasteiger partial charge in [-0.15, -0.1) is 0 Å². The molecule has 1 heterocycles. The van der Waals surface area contributed by atoms with Gasteiger partial charge in [0.25, 0.3) is 0 Å². The number of hydrogen-bond donors (Lipinski definition) is 4. The van der Waals surface area contributed by atoms with Gasteiger partial charge in [0.15, 0.2) is 0 Å². The van der Waals surface area contributed by atoms with Crippen LogP contribution in [0.25, 0.3) is 0 Å². The smallest absolute Gasteiger partial charge is 0.358 e. The van der Waals surface area contributed by atoms with Crippen LogP contribution in [0.1, 0.15) is 0 Å². The van der Waals surface area contributed by atoms with Crippen LogP contribution in [0.5, 0.6) is 0 Å². The van der Waals surface area contributed by atoms with Crippen LogP contribution >= 0.6 is 10.7 Å². The van der Waals surface area contributed by atoms with Crippen molar-refractivity contribution >= 4 is 20.0 Å². The van der Waals surface area contributed by atoms with Crippen LogP contribution in [-0.4, -0.2) is 66.2 Å². The van der Waals surface area contributed by atoms with Gasteiger partial charge in [0.2, 0.25) is 6.29 Å². The highest BCUT2D eigenvalue weighted by molar-refractivity contribution is 8.10. The molecule has 1 aliphatic heterocycles. The summed E-state index contributed by atoms with van der Waals surface area (Å²) in [7, 11) is 0.343. The zero-order valence-electron chi connectivity index (χ0n) is 7.80. The summed E-state index contributed by atoms with van der Waals surface area (Å²) in [5.41, 5.74) is 0. The van der Waals surface area contributed by atoms with Gasteiger partial charge in [0.1, 0.15) is 24.4 Å². The third-order valence-electron chi connectivity index (χ3n) is 2.06. The van der Waals surface area contributed by atoms with Gasteiger partial charge < -0.3 is 25.2 Å². The maximum Gasteiger partial charge on any atom is 0.358 e. The molecule has 0 aromatic rings. The van der Waals surface area contributed by atoms with Crippen molar-refractivity contribution in [2.75, 3.05) is 6.61 Å². The first kappa shape index (κ1) is 14.1. The number of ether oxygens (including phenoxy) is 1. The summed E-state index contributed by atoms with van der Waals surface area (Å²) in [5, 5.41) is 36.7. The van der Waals surface area contributed by atoms with Crippen LogP contribution in [0.3, 0.4) is 0 Å². The topological polar surface area (TPSA) is 134 Å². The highest BCUT2D eigenvalue weighted by Gasteiger charge is 2.45. The van der Waals surface area contributed by atoms with E-state index in [4.69, 9.17) is 20.5 Å². The first-order chi connectivity index (χ1) is 7.26. The zero-order valence-corrected chi connectivity index (χ0v) is 9.37. The fraction of sp³-hybridized carbons (Fsp3) is 1.00. The van der Waals surface area contributed by atoms with Crippen molar-refractivity contribution in [3.63, 3.8) is 0 Å². The van der Waals surface area contributed by atoms with Crippen molar-refractivity contribution in [2.24, 2.45) is 0 Å². The lowest BCUT2D eigenvalue weighted by Crippen LogP contribution is -2.59. The van der Waals surface area contributed by atoms with Crippen molar-refractivity contribution in [3.8, 4) is 0 Å². The third kappa shape index (κ3) is 3.25. The molecular weight excluding hydrogens is 268 g/mol. The summed E-state index contributed by atoms with van der Waals surface area (Å²) >= 11 is 0. The molecule has 0 saturated carbocycles. The largest absolute Gasteiger partial charge is 0.394 e. The van der Waals surface area contributed by atoms with E-state index < -0.39 is 46.6 Å². The van der Waals surface area contributed by atoms with Crippen LogP contribution in [0.4, 0.5) is 0 Å². The summed E-state index contributed by atoms with van der Waals surface area (Å²) in [5.74, 6) is 0. The molecule has 1 fully saturated rings. The fourth-order valence-corrected chi connectivity index (χ4v) is 1.86. The lowest BCUT2D eigenvalue weighted by atomic mass is 10.00. The van der Waals surface area contributed by atoms with Gasteiger partial charge in [-0.3, -0.25) is 0 Å². The number of hydrogen-bond acceptors (Lipinski definition) is 8. The summed E-state index contributed by atoms with van der Waals surface area (Å²) in [6, 6.07) is 0. The molecule has 1 aliphatic rings. The van der Waals surface area contributed by atoms with Gasteiger partial charge >= 0.3 is 9.33 Å². The Hall–Kier alpha value is -0.0000000000000000971. The Morgan fingerprint density at radius 3 is 2.19 bits per heavy atom. The van der Waals surface area contributed by atoms with Crippen molar-refractivity contribution < 1.29 is 37.8 Å². The molecule has 10 heteroatoms. The Labute approximate surface area is 95.6 Å². The molecule has 0 radical (unpaired) electrons. The highest BCUT2D eigenvalue weighted by Crippen LogP contribution is 2.23. The quantitative estimate of drug-likeness (QED) is 0.409. The number of rotatable bonds is 3. The molecule has 5 atom stereocenters. The minimum Gasteiger partial charge on any atom is -0.394 e. The molecule has 8 nitrogen and oxygen atoms in total. The van der Waals surface area contributed by atoms with Gasteiger partial charge in [-0.1, -0.05) is 0 Å². The minimum absolute atomic E-state index is 0.687. The second kappa shape index (κ2) is 5.10. The minimum atomic E-state index is -4.42. The number of aliphatic hydroxyl groups is 4. The molecular formula is C6H11ClO8S. The lowest BCUT2D eigenvalue weighted by Gasteiger charge is -2.38. The molecule has 16 heavy (non-hydrogen) atoms. The van der Waals surface area contributed by atoms with Gasteiger partial charge in [0, 0.05) is 10.7 Å². The maximum atomic E-state index is 10.6. The van der Waals surface area contributed by atoms with Crippen LogP contribution in [0.15, 0.2) is 0 Å². The average Bonchev–Trinajstić information content (AvgIpc) is 2.17. The Bertz CT molecular complexity index is 329. The summed E-state index contributed by atoms with van der Waals surface area (Å²) in [6.07, 6.45) is -8.13. The van der Waals surface area contributed by atoms with Crippen molar-refractivity contribution in [2.45, 2.75) is 30.7 Å². The Balaban J connectivity index is 2.79. The van der Waals surface area contributed by atoms with E-state index in [1.54, 1.807) is 0 Å². The van der Waals surface area contributed by atoms with Crippen molar-refractivity contribution in [1.29, 1.82) is 0 Å². The molecule has 4 N–H and O–H groups in total. The third-order valence-corrected chi connectivity index (χ3v) is 2.70. The molecule has 96 valence electrons. The zero-order chi connectivity index (χ0) is 12.5. The molecule has 0 bridgehead atoms. The molecule has 0 aliphatic carbocycles. The van der Waals surface area contributed by atoms with Gasteiger partial charge in [-0.25, -0.2) is 4.18 Å². The predicted octanol–water partition coefficient (Wildman–Crippen LogP) is -2.71. The molecule has 1 saturated heterocycles. The highest BCUT2D eigenvalue weighted by atomic mass is 35.7. The van der Waals surface area contributed by atoms with E-state index in [-0.39, 0.29) is 0 Å². The summed E-state index contributed by atoms with van der Waals surface area (Å²) in [6.45, 7) is -0.687. The fourth-order valence-electron chi connectivity index (χ4n) is 1.26. The maximum absolute atomic E-state index is 10.6. The lowest BCUT2D eigenvalue weighted by molar-refractivity contribution is -0.276. The van der Waals surface area contributed by atoms with Crippen LogP contribution in [0.2, 0.25) is 0 Å². The van der Waals surface area contributed by atoms with Gasteiger partial charge in [0.05, 0.1) is 6.61 Å². The Morgan fingerprint density at radius 2 is 1.75 bits per heavy atom. The molecule has 0 amide bonds. The second-order valence-electron chi connectivity index (χ2n) is 3.19. The van der Waals surface area contributed by atoms with E-state index in [1.165, 1.54) is 0 Å². The van der Waals surface area contributed by atoms with Crippen molar-refractivity contribution in [3.05, 3.63) is 0 Å².